The van der Waals surface area contributed by atoms with Gasteiger partial charge in [0.05, 0.1) is 6.04 Å². The van der Waals surface area contributed by atoms with E-state index in [4.69, 9.17) is 0 Å². The number of carbonyl (C=O) groups is 2. The first kappa shape index (κ1) is 20.8. The molecule has 1 unspecified atom stereocenters. The summed E-state index contributed by atoms with van der Waals surface area (Å²) in [5.41, 5.74) is 0.678. The number of rotatable bonds is 7. The molecule has 152 valence electrons. The molecule has 1 saturated carbocycles. The molecule has 1 N–H and O–H groups in total. The number of nitrogens with one attached hydrogen (secondary N) is 1. The third-order valence-electron chi connectivity index (χ3n) is 5.79. The van der Waals surface area contributed by atoms with Gasteiger partial charge in [0, 0.05) is 24.5 Å². The Morgan fingerprint density at radius 2 is 1.79 bits per heavy atom. The largest absolute Gasteiger partial charge is 0.351 e. The van der Waals surface area contributed by atoms with E-state index in [0.29, 0.717) is 24.9 Å². The lowest BCUT2D eigenvalue weighted by Crippen LogP contribution is -2.62. The molecular weight excluding hydrogens is 362 g/mol. The van der Waals surface area contributed by atoms with Gasteiger partial charge in [0.1, 0.15) is 5.54 Å². The molecule has 5 nitrogen and oxygen atoms in total. The lowest BCUT2D eigenvalue weighted by Gasteiger charge is -2.48. The van der Waals surface area contributed by atoms with Gasteiger partial charge in [-0.3, -0.25) is 14.6 Å². The number of hydrogen-bond acceptors (Lipinski definition) is 3. The molecular formula is C24H29N3O2. The molecule has 1 heterocycles. The van der Waals surface area contributed by atoms with Crippen molar-refractivity contribution < 1.29 is 9.59 Å². The second kappa shape index (κ2) is 9.50. The molecule has 1 aliphatic rings. The standard InChI is InChI=1S/C24H29N3O2/c1-3-16-26-23(29)24(14-8-5-9-15-24)27(19(2)20-10-6-4-7-11-20)22(28)21-12-17-25-18-13-21/h3-4,6-7,10-13,17-19H,1,5,8-9,14-16H2,2H3,(H,26,29). The Kier molecular flexibility index (Phi) is 6.81. The minimum Gasteiger partial charge on any atom is -0.351 e. The van der Waals surface area contributed by atoms with Crippen LogP contribution in [0, 0.1) is 0 Å². The van der Waals surface area contributed by atoms with Crippen LogP contribution in [-0.2, 0) is 4.79 Å². The summed E-state index contributed by atoms with van der Waals surface area (Å²) >= 11 is 0. The fourth-order valence-corrected chi connectivity index (χ4v) is 4.30. The predicted molar refractivity (Wildman–Crippen MR) is 114 cm³/mol. The summed E-state index contributed by atoms with van der Waals surface area (Å²) in [5.74, 6) is -0.235. The maximum atomic E-state index is 13.7. The van der Waals surface area contributed by atoms with Crippen LogP contribution in [-0.4, -0.2) is 33.8 Å². The highest BCUT2D eigenvalue weighted by Crippen LogP contribution is 2.40. The third-order valence-corrected chi connectivity index (χ3v) is 5.79. The van der Waals surface area contributed by atoms with Crippen molar-refractivity contribution in [2.24, 2.45) is 0 Å². The van der Waals surface area contributed by atoms with E-state index in [1.807, 2.05) is 42.2 Å². The van der Waals surface area contributed by atoms with E-state index in [2.05, 4.69) is 16.9 Å². The molecule has 1 aromatic heterocycles. The highest BCUT2D eigenvalue weighted by Gasteiger charge is 2.49. The van der Waals surface area contributed by atoms with E-state index >= 15 is 0 Å². The minimum atomic E-state index is -0.878. The molecule has 3 rings (SSSR count). The zero-order chi connectivity index (χ0) is 20.7. The monoisotopic (exact) mass is 391 g/mol. The number of amides is 2. The van der Waals surface area contributed by atoms with Crippen LogP contribution in [0.15, 0.2) is 67.5 Å². The Morgan fingerprint density at radius 3 is 2.41 bits per heavy atom. The molecule has 1 aliphatic carbocycles. The third kappa shape index (κ3) is 4.39. The first-order chi connectivity index (χ1) is 14.1. The number of aromatic nitrogens is 1. The van der Waals surface area contributed by atoms with E-state index in [1.165, 1.54) is 0 Å². The Labute approximate surface area is 172 Å². The van der Waals surface area contributed by atoms with Gasteiger partial charge in [-0.2, -0.15) is 0 Å². The molecule has 5 heteroatoms. The average molecular weight is 392 g/mol. The smallest absolute Gasteiger partial charge is 0.255 e. The second-order valence-electron chi connectivity index (χ2n) is 7.59. The van der Waals surface area contributed by atoms with Gasteiger partial charge in [-0.1, -0.05) is 55.7 Å². The normalized spacial score (nSPS) is 16.4. The van der Waals surface area contributed by atoms with Crippen LogP contribution in [0.2, 0.25) is 0 Å². The summed E-state index contributed by atoms with van der Waals surface area (Å²) in [5, 5.41) is 2.97. The summed E-state index contributed by atoms with van der Waals surface area (Å²) in [7, 11) is 0. The van der Waals surface area contributed by atoms with Crippen molar-refractivity contribution in [3.05, 3.63) is 78.6 Å². The van der Waals surface area contributed by atoms with Crippen molar-refractivity contribution >= 4 is 11.8 Å². The van der Waals surface area contributed by atoms with Crippen LogP contribution in [0.3, 0.4) is 0 Å². The molecule has 1 fully saturated rings. The molecule has 0 bridgehead atoms. The SMILES string of the molecule is C=CCNC(=O)C1(N(C(=O)c2ccncc2)C(C)c2ccccc2)CCCCC1. The van der Waals surface area contributed by atoms with Crippen molar-refractivity contribution in [1.82, 2.24) is 15.2 Å². The molecule has 1 atom stereocenters. The molecule has 2 amide bonds. The van der Waals surface area contributed by atoms with Crippen LogP contribution in [0.4, 0.5) is 0 Å². The molecule has 0 radical (unpaired) electrons. The Morgan fingerprint density at radius 1 is 1.14 bits per heavy atom. The predicted octanol–water partition coefficient (Wildman–Crippen LogP) is 4.29. The van der Waals surface area contributed by atoms with Crippen molar-refractivity contribution in [2.45, 2.75) is 50.6 Å². The van der Waals surface area contributed by atoms with E-state index in [1.54, 1.807) is 30.6 Å². The fraction of sp³-hybridized carbons (Fsp3) is 0.375. The summed E-state index contributed by atoms with van der Waals surface area (Å²) in [6.07, 6.45) is 9.13. The van der Waals surface area contributed by atoms with Gasteiger partial charge in [-0.05, 0) is 37.5 Å². The molecule has 2 aromatic rings. The minimum absolute atomic E-state index is 0.0951. The van der Waals surface area contributed by atoms with Crippen LogP contribution >= 0.6 is 0 Å². The van der Waals surface area contributed by atoms with E-state index in [0.717, 1.165) is 24.8 Å². The van der Waals surface area contributed by atoms with Crippen LogP contribution in [0.5, 0.6) is 0 Å². The van der Waals surface area contributed by atoms with Crippen molar-refractivity contribution in [3.63, 3.8) is 0 Å². The number of carbonyl (C=O) groups excluding carboxylic acids is 2. The van der Waals surface area contributed by atoms with Gasteiger partial charge in [0.2, 0.25) is 5.91 Å². The Balaban J connectivity index is 2.09. The summed E-state index contributed by atoms with van der Waals surface area (Å²) in [6.45, 7) is 6.10. The van der Waals surface area contributed by atoms with Crippen LogP contribution < -0.4 is 5.32 Å². The number of nitrogens with zero attached hydrogens (tertiary/aromatic N) is 2. The molecule has 0 aliphatic heterocycles. The van der Waals surface area contributed by atoms with Crippen molar-refractivity contribution in [3.8, 4) is 0 Å². The molecule has 0 saturated heterocycles. The van der Waals surface area contributed by atoms with Crippen LogP contribution in [0.25, 0.3) is 0 Å². The van der Waals surface area contributed by atoms with Gasteiger partial charge >= 0.3 is 0 Å². The van der Waals surface area contributed by atoms with Gasteiger partial charge in [-0.15, -0.1) is 6.58 Å². The topological polar surface area (TPSA) is 62.3 Å². The van der Waals surface area contributed by atoms with Gasteiger partial charge in [0.25, 0.3) is 5.91 Å². The first-order valence-electron chi connectivity index (χ1n) is 10.3. The van der Waals surface area contributed by atoms with Crippen molar-refractivity contribution in [2.75, 3.05) is 6.54 Å². The first-order valence-corrected chi connectivity index (χ1v) is 10.3. The van der Waals surface area contributed by atoms with E-state index < -0.39 is 5.54 Å². The number of hydrogen-bond donors (Lipinski definition) is 1. The van der Waals surface area contributed by atoms with Gasteiger partial charge in [-0.25, -0.2) is 0 Å². The summed E-state index contributed by atoms with van der Waals surface area (Å²) in [6, 6.07) is 13.1. The van der Waals surface area contributed by atoms with Crippen LogP contribution in [0.1, 0.15) is 61.0 Å². The number of benzene rings is 1. The summed E-state index contributed by atoms with van der Waals surface area (Å²) in [4.78, 5) is 33.0. The molecule has 29 heavy (non-hydrogen) atoms. The zero-order valence-electron chi connectivity index (χ0n) is 17.0. The summed E-state index contributed by atoms with van der Waals surface area (Å²) < 4.78 is 0. The molecule has 0 spiro atoms. The van der Waals surface area contributed by atoms with Gasteiger partial charge < -0.3 is 10.2 Å². The molecule has 1 aromatic carbocycles. The maximum absolute atomic E-state index is 13.7. The average Bonchev–Trinajstić information content (AvgIpc) is 2.79. The highest BCUT2D eigenvalue weighted by atomic mass is 16.2. The zero-order valence-corrected chi connectivity index (χ0v) is 17.0. The van der Waals surface area contributed by atoms with Gasteiger partial charge in [0.15, 0.2) is 0 Å². The van der Waals surface area contributed by atoms with E-state index in [-0.39, 0.29) is 17.9 Å². The Hall–Kier alpha value is -2.95. The fourth-order valence-electron chi connectivity index (χ4n) is 4.30. The maximum Gasteiger partial charge on any atom is 0.255 e. The van der Waals surface area contributed by atoms with Crippen molar-refractivity contribution in [1.29, 1.82) is 0 Å². The van der Waals surface area contributed by atoms with E-state index in [9.17, 15) is 9.59 Å². The number of pyridine rings is 1. The Bertz CT molecular complexity index is 830. The second-order valence-corrected chi connectivity index (χ2v) is 7.59. The lowest BCUT2D eigenvalue weighted by atomic mass is 9.77. The lowest BCUT2D eigenvalue weighted by molar-refractivity contribution is -0.135. The highest BCUT2D eigenvalue weighted by molar-refractivity contribution is 5.99. The quantitative estimate of drug-likeness (QED) is 0.716.